The van der Waals surface area contributed by atoms with Crippen LogP contribution in [0.25, 0.3) is 0 Å². The van der Waals surface area contributed by atoms with Crippen molar-refractivity contribution in [2.75, 3.05) is 0 Å². The molecule has 13 heavy (non-hydrogen) atoms. The molecule has 1 atom stereocenters. The lowest BCUT2D eigenvalue weighted by molar-refractivity contribution is 0.0586. The Bertz CT molecular complexity index is 294. The molecule has 1 fully saturated rings. The Morgan fingerprint density at radius 2 is 2.23 bits per heavy atom. The summed E-state index contributed by atoms with van der Waals surface area (Å²) in [6.45, 7) is 1.96. The van der Waals surface area contributed by atoms with E-state index >= 15 is 0 Å². The standard InChI is InChI=1S/C11H15NO/c1-8-4-2-7-10(12-8)11(13)9-5-3-6-9/h2,4,7,9,11,13H,3,5-6H2,1H3. The predicted octanol–water partition coefficient (Wildman–Crippen LogP) is 2.22. The summed E-state index contributed by atoms with van der Waals surface area (Å²) in [5.41, 5.74) is 1.82. The monoisotopic (exact) mass is 177 g/mol. The van der Waals surface area contributed by atoms with Crippen LogP contribution in [0.2, 0.25) is 0 Å². The second-order valence-corrected chi connectivity index (χ2v) is 3.84. The van der Waals surface area contributed by atoms with Gasteiger partial charge in [-0.15, -0.1) is 0 Å². The number of aliphatic hydroxyl groups excluding tert-OH is 1. The Morgan fingerprint density at radius 1 is 1.46 bits per heavy atom. The van der Waals surface area contributed by atoms with Gasteiger partial charge >= 0.3 is 0 Å². The largest absolute Gasteiger partial charge is 0.387 e. The van der Waals surface area contributed by atoms with Crippen molar-refractivity contribution < 1.29 is 5.11 Å². The fourth-order valence-electron chi connectivity index (χ4n) is 1.73. The Hall–Kier alpha value is -0.890. The van der Waals surface area contributed by atoms with E-state index in [1.807, 2.05) is 25.1 Å². The molecule has 0 aromatic carbocycles. The first kappa shape index (κ1) is 8.70. The summed E-state index contributed by atoms with van der Waals surface area (Å²) < 4.78 is 0. The molecular formula is C11H15NO. The highest BCUT2D eigenvalue weighted by molar-refractivity contribution is 5.13. The van der Waals surface area contributed by atoms with Crippen molar-refractivity contribution in [2.45, 2.75) is 32.3 Å². The number of aryl methyl sites for hydroxylation is 1. The van der Waals surface area contributed by atoms with Crippen LogP contribution in [0.3, 0.4) is 0 Å². The molecule has 0 spiro atoms. The SMILES string of the molecule is Cc1cccc(C(O)C2CCC2)n1. The van der Waals surface area contributed by atoms with Gasteiger partial charge in [-0.3, -0.25) is 4.98 Å². The number of aliphatic hydroxyl groups is 1. The first-order valence-corrected chi connectivity index (χ1v) is 4.89. The van der Waals surface area contributed by atoms with Crippen LogP contribution in [0.15, 0.2) is 18.2 Å². The number of nitrogens with zero attached hydrogens (tertiary/aromatic N) is 1. The highest BCUT2D eigenvalue weighted by Gasteiger charge is 2.27. The van der Waals surface area contributed by atoms with Crippen LogP contribution < -0.4 is 0 Å². The summed E-state index contributed by atoms with van der Waals surface area (Å²) >= 11 is 0. The molecule has 1 saturated carbocycles. The normalized spacial score (nSPS) is 19.5. The zero-order valence-corrected chi connectivity index (χ0v) is 7.90. The molecule has 2 heteroatoms. The van der Waals surface area contributed by atoms with Crippen molar-refractivity contribution in [2.24, 2.45) is 5.92 Å². The van der Waals surface area contributed by atoms with Crippen molar-refractivity contribution in [3.05, 3.63) is 29.6 Å². The molecule has 0 aliphatic heterocycles. The number of hydrogen-bond acceptors (Lipinski definition) is 2. The van der Waals surface area contributed by atoms with Gasteiger partial charge in [-0.05, 0) is 37.8 Å². The van der Waals surface area contributed by atoms with Gasteiger partial charge in [-0.25, -0.2) is 0 Å². The number of aromatic nitrogens is 1. The maximum absolute atomic E-state index is 9.90. The summed E-state index contributed by atoms with van der Waals surface area (Å²) in [6.07, 6.45) is 3.22. The minimum Gasteiger partial charge on any atom is -0.387 e. The predicted molar refractivity (Wildman–Crippen MR) is 51.3 cm³/mol. The van der Waals surface area contributed by atoms with Crippen LogP contribution in [0, 0.1) is 12.8 Å². The van der Waals surface area contributed by atoms with Crippen molar-refractivity contribution >= 4 is 0 Å². The molecule has 1 aromatic rings. The van der Waals surface area contributed by atoms with Crippen molar-refractivity contribution in [1.29, 1.82) is 0 Å². The van der Waals surface area contributed by atoms with Gasteiger partial charge in [-0.2, -0.15) is 0 Å². The van der Waals surface area contributed by atoms with Gasteiger partial charge < -0.3 is 5.11 Å². The van der Waals surface area contributed by atoms with E-state index in [0.717, 1.165) is 24.2 Å². The molecule has 1 N–H and O–H groups in total. The van der Waals surface area contributed by atoms with Crippen LogP contribution in [0.4, 0.5) is 0 Å². The molecule has 0 amide bonds. The van der Waals surface area contributed by atoms with E-state index in [-0.39, 0.29) is 6.10 Å². The van der Waals surface area contributed by atoms with Gasteiger partial charge in [0.2, 0.25) is 0 Å². The van der Waals surface area contributed by atoms with Gasteiger partial charge in [0.05, 0.1) is 11.8 Å². The highest BCUT2D eigenvalue weighted by atomic mass is 16.3. The second-order valence-electron chi connectivity index (χ2n) is 3.84. The van der Waals surface area contributed by atoms with E-state index in [4.69, 9.17) is 0 Å². The van der Waals surface area contributed by atoms with E-state index in [1.54, 1.807) is 0 Å². The smallest absolute Gasteiger partial charge is 0.0987 e. The Balaban J connectivity index is 2.14. The van der Waals surface area contributed by atoms with Gasteiger partial charge in [0.1, 0.15) is 0 Å². The summed E-state index contributed by atoms with van der Waals surface area (Å²) in [5, 5.41) is 9.90. The maximum atomic E-state index is 9.90. The third-order valence-corrected chi connectivity index (χ3v) is 2.81. The Kier molecular flexibility index (Phi) is 2.32. The molecule has 2 rings (SSSR count). The minimum atomic E-state index is -0.339. The average molecular weight is 177 g/mol. The van der Waals surface area contributed by atoms with Crippen molar-refractivity contribution in [3.63, 3.8) is 0 Å². The number of hydrogen-bond donors (Lipinski definition) is 1. The van der Waals surface area contributed by atoms with E-state index in [2.05, 4.69) is 4.98 Å². The lowest BCUT2D eigenvalue weighted by atomic mass is 9.80. The highest BCUT2D eigenvalue weighted by Crippen LogP contribution is 2.36. The molecule has 0 radical (unpaired) electrons. The lowest BCUT2D eigenvalue weighted by Gasteiger charge is -2.29. The van der Waals surface area contributed by atoms with Gasteiger partial charge in [0.25, 0.3) is 0 Å². The number of pyridine rings is 1. The molecule has 1 heterocycles. The first-order chi connectivity index (χ1) is 6.27. The maximum Gasteiger partial charge on any atom is 0.0987 e. The second kappa shape index (κ2) is 3.46. The van der Waals surface area contributed by atoms with E-state index in [1.165, 1.54) is 6.42 Å². The van der Waals surface area contributed by atoms with Gasteiger partial charge in [0, 0.05) is 5.69 Å². The van der Waals surface area contributed by atoms with Crippen LogP contribution in [-0.2, 0) is 0 Å². The molecule has 70 valence electrons. The average Bonchev–Trinajstić information content (AvgIpc) is 2.01. The first-order valence-electron chi connectivity index (χ1n) is 4.89. The van der Waals surface area contributed by atoms with E-state index in [9.17, 15) is 5.11 Å². The zero-order valence-electron chi connectivity index (χ0n) is 7.90. The fraction of sp³-hybridized carbons (Fsp3) is 0.545. The minimum absolute atomic E-state index is 0.339. The Morgan fingerprint density at radius 3 is 2.77 bits per heavy atom. The van der Waals surface area contributed by atoms with E-state index in [0.29, 0.717) is 5.92 Å². The molecule has 1 aliphatic rings. The molecule has 2 nitrogen and oxygen atoms in total. The summed E-state index contributed by atoms with van der Waals surface area (Å²) in [7, 11) is 0. The van der Waals surface area contributed by atoms with Crippen LogP contribution in [0.1, 0.15) is 36.8 Å². The van der Waals surface area contributed by atoms with Gasteiger partial charge in [0.15, 0.2) is 0 Å². The summed E-state index contributed by atoms with van der Waals surface area (Å²) in [6, 6.07) is 5.83. The zero-order chi connectivity index (χ0) is 9.26. The van der Waals surface area contributed by atoms with Crippen LogP contribution >= 0.6 is 0 Å². The quantitative estimate of drug-likeness (QED) is 0.751. The molecular weight excluding hydrogens is 162 g/mol. The number of rotatable bonds is 2. The Labute approximate surface area is 78.6 Å². The molecule has 1 aliphatic carbocycles. The van der Waals surface area contributed by atoms with Crippen LogP contribution in [-0.4, -0.2) is 10.1 Å². The topological polar surface area (TPSA) is 33.1 Å². The third-order valence-electron chi connectivity index (χ3n) is 2.81. The third kappa shape index (κ3) is 1.73. The van der Waals surface area contributed by atoms with E-state index < -0.39 is 0 Å². The summed E-state index contributed by atoms with van der Waals surface area (Å²) in [5.74, 6) is 0.453. The fourth-order valence-corrected chi connectivity index (χ4v) is 1.73. The molecule has 1 aromatic heterocycles. The molecule has 1 unspecified atom stereocenters. The van der Waals surface area contributed by atoms with Gasteiger partial charge in [-0.1, -0.05) is 12.5 Å². The van der Waals surface area contributed by atoms with Crippen molar-refractivity contribution in [3.8, 4) is 0 Å². The summed E-state index contributed by atoms with van der Waals surface area (Å²) in [4.78, 5) is 4.33. The molecule has 0 saturated heterocycles. The molecule has 0 bridgehead atoms. The van der Waals surface area contributed by atoms with Crippen molar-refractivity contribution in [1.82, 2.24) is 4.98 Å². The van der Waals surface area contributed by atoms with Crippen LogP contribution in [0.5, 0.6) is 0 Å². The lowest BCUT2D eigenvalue weighted by Crippen LogP contribution is -2.20.